The van der Waals surface area contributed by atoms with E-state index in [9.17, 15) is 62.7 Å². The van der Waals surface area contributed by atoms with Gasteiger partial charge in [-0.2, -0.15) is 4.31 Å². The van der Waals surface area contributed by atoms with E-state index in [0.29, 0.717) is 6.42 Å². The average Bonchev–Trinajstić information content (AvgIpc) is 3.95. The summed E-state index contributed by atoms with van der Waals surface area (Å²) in [5, 5.41) is 26.3. The number of unbranched alkanes of at least 4 members (excludes halogenated alkanes) is 9. The summed E-state index contributed by atoms with van der Waals surface area (Å²) < 4.78 is 62.5. The Morgan fingerprint density at radius 1 is 0.787 bits per heavy atom. The van der Waals surface area contributed by atoms with Crippen molar-refractivity contribution in [3.05, 3.63) is 73.4 Å². The Hall–Kier alpha value is -4.07. The zero-order valence-corrected chi connectivity index (χ0v) is 49.3. The van der Waals surface area contributed by atoms with Gasteiger partial charge >= 0.3 is 23.5 Å². The Bertz CT molecular complexity index is 2540. The molecule has 2 aromatic heterocycles. The van der Waals surface area contributed by atoms with E-state index >= 15 is 0 Å². The highest BCUT2D eigenvalue weighted by atomic mass is 32.2. The molecule has 450 valence electrons. The molecule has 0 aliphatic carbocycles. The molecule has 10 N–H and O–H groups in total. The molecular weight excluding hydrogens is 1120 g/mol. The Balaban J connectivity index is 1.20. The molecule has 0 spiro atoms. The van der Waals surface area contributed by atoms with E-state index in [2.05, 4.69) is 102 Å². The van der Waals surface area contributed by atoms with Gasteiger partial charge in [-0.05, 0) is 51.4 Å². The number of allylic oxidation sites excluding steroid dienone is 10. The van der Waals surface area contributed by atoms with Crippen LogP contribution < -0.4 is 16.4 Å². The summed E-state index contributed by atoms with van der Waals surface area (Å²) in [5.74, 6) is -1.42. The number of rotatable bonds is 42. The maximum atomic E-state index is 12.8. The molecule has 1 aliphatic rings. The van der Waals surface area contributed by atoms with Gasteiger partial charge in [0.25, 0.3) is 0 Å². The summed E-state index contributed by atoms with van der Waals surface area (Å²) in [5.41, 5.74) is 4.25. The normalized spacial score (nSPS) is 19.2. The molecule has 3 rings (SSSR count). The van der Waals surface area contributed by atoms with Crippen molar-refractivity contribution in [1.29, 1.82) is 0 Å². The predicted octanol–water partition coefficient (Wildman–Crippen LogP) is 7.67. The van der Waals surface area contributed by atoms with Crippen molar-refractivity contribution in [3.63, 3.8) is 0 Å². The molecule has 0 saturated carbocycles. The molecule has 0 aromatic carbocycles. The van der Waals surface area contributed by atoms with Gasteiger partial charge in [0.05, 0.1) is 26.0 Å². The van der Waals surface area contributed by atoms with Gasteiger partial charge in [0.15, 0.2) is 22.8 Å². The second-order valence-electron chi connectivity index (χ2n) is 19.4. The molecule has 1 fully saturated rings. The number of phosphoric ester groups is 3. The maximum Gasteiger partial charge on any atom is 0.481 e. The number of anilines is 1. The van der Waals surface area contributed by atoms with Gasteiger partial charge in [0, 0.05) is 37.1 Å². The number of ether oxygens (including phenoxy) is 1. The summed E-state index contributed by atoms with van der Waals surface area (Å²) in [6, 6.07) is 0. The predicted molar refractivity (Wildman–Crippen MR) is 302 cm³/mol. The molecule has 7 atom stereocenters. The molecule has 25 nitrogen and oxygen atoms in total. The van der Waals surface area contributed by atoms with E-state index in [-0.39, 0.29) is 59.6 Å². The van der Waals surface area contributed by atoms with Crippen LogP contribution in [0.25, 0.3) is 11.2 Å². The molecule has 2 unspecified atom stereocenters. The van der Waals surface area contributed by atoms with Crippen molar-refractivity contribution in [2.75, 3.05) is 37.8 Å². The highest BCUT2D eigenvalue weighted by Gasteiger charge is 2.50. The van der Waals surface area contributed by atoms with Gasteiger partial charge in [-0.1, -0.05) is 138 Å². The summed E-state index contributed by atoms with van der Waals surface area (Å²) in [7, 11) is -16.5. The molecule has 2 amide bonds. The smallest absolute Gasteiger partial charge is 0.386 e. The number of Topliss-reactive ketones (excluding diaryl/α,β-unsaturated/α-hetero) is 1. The largest absolute Gasteiger partial charge is 0.481 e. The van der Waals surface area contributed by atoms with E-state index in [0.717, 1.165) is 93.2 Å². The van der Waals surface area contributed by atoms with E-state index in [1.54, 1.807) is 0 Å². The lowest BCUT2D eigenvalue weighted by Gasteiger charge is -2.30. The van der Waals surface area contributed by atoms with Crippen LogP contribution in [0.3, 0.4) is 0 Å². The van der Waals surface area contributed by atoms with Gasteiger partial charge in [-0.25, -0.2) is 28.6 Å². The van der Waals surface area contributed by atoms with Gasteiger partial charge < -0.3 is 50.9 Å². The van der Waals surface area contributed by atoms with Gasteiger partial charge in [0.1, 0.15) is 42.0 Å². The SMILES string of the molecule is CC/C=C\C/C=C\C/C=C\C/C=C\C/C=C\CCCCCCCCCCCC(=O)CC(=O)SCCNC(=O)CCNC(=O)[C@H](O)C(C)(C)COP(=O)(O)OP(=O)(O)OC[C@H]1O[C@@H](n2cnc3c(N)ncnc32)[C@H](O)[C@@H]1OP(=O)(O)O. The summed E-state index contributed by atoms with van der Waals surface area (Å²) in [6.07, 6.45) is 31.3. The van der Waals surface area contributed by atoms with Crippen LogP contribution in [-0.2, 0) is 55.5 Å². The molecule has 0 bridgehead atoms. The number of aromatic nitrogens is 4. The number of ketones is 1. The minimum atomic E-state index is -5.60. The number of hydrogen-bond acceptors (Lipinski definition) is 19. The van der Waals surface area contributed by atoms with Crippen LogP contribution in [0.1, 0.15) is 143 Å². The third-order valence-corrected chi connectivity index (χ3v) is 16.1. The quantitative estimate of drug-likeness (QED) is 0.0133. The standard InChI is InChI=1S/C51H82N7O18P3S/c1-4-5-6-7-8-9-10-11-12-13-14-15-16-17-18-19-20-21-22-23-24-25-26-27-28-29-39(59)34-42(61)80-33-32-53-41(60)30-31-54-49(64)46(63)51(2,3)36-73-79(70,71)76-78(68,69)72-35-40-45(75-77(65,66)67)44(62)50(74-40)58-38-57-43-47(52)55-37-56-48(43)58/h5-6,8-9,11-12,14-15,17-18,37-38,40,44-46,50,62-63H,4,7,10,13,16,19-36H2,1-3H3,(H,53,60)(H,54,64)(H,68,69)(H,70,71)(H2,52,55,56)(H2,65,66,67)/b6-5-,9-8-,12-11-,15-14-,18-17-/t40-,44-,45-,46+,50-/m1/s1. The second-order valence-corrected chi connectivity index (χ2v) is 24.8. The first-order valence-electron chi connectivity index (χ1n) is 26.8. The van der Waals surface area contributed by atoms with Crippen molar-refractivity contribution in [2.45, 2.75) is 167 Å². The van der Waals surface area contributed by atoms with E-state index in [4.69, 9.17) is 19.5 Å². The number of nitrogens with zero attached hydrogens (tertiary/aromatic N) is 4. The van der Waals surface area contributed by atoms with Crippen molar-refractivity contribution in [2.24, 2.45) is 5.41 Å². The Kier molecular flexibility index (Phi) is 32.6. The number of carbonyl (C=O) groups excluding carboxylic acids is 4. The van der Waals surface area contributed by atoms with E-state index < -0.39 is 84.6 Å². The molecule has 3 heterocycles. The number of fused-ring (bicyclic) bond motifs is 1. The number of nitrogens with one attached hydrogen (secondary N) is 2. The highest BCUT2D eigenvalue weighted by Crippen LogP contribution is 2.61. The second kappa shape index (κ2) is 37.2. The third kappa shape index (κ3) is 28.8. The Morgan fingerprint density at radius 2 is 1.36 bits per heavy atom. The van der Waals surface area contributed by atoms with Crippen LogP contribution in [0.15, 0.2) is 73.4 Å². The number of aliphatic hydroxyl groups excluding tert-OH is 2. The topological polar surface area (TPSA) is 381 Å². The average molecular weight is 1210 g/mol. The minimum Gasteiger partial charge on any atom is -0.386 e. The molecule has 0 radical (unpaired) electrons. The Labute approximate surface area is 472 Å². The van der Waals surface area contributed by atoms with Crippen LogP contribution in [0.5, 0.6) is 0 Å². The van der Waals surface area contributed by atoms with Crippen molar-refractivity contribution >= 4 is 74.9 Å². The van der Waals surface area contributed by atoms with Gasteiger partial charge in [-0.3, -0.25) is 37.3 Å². The number of amides is 2. The molecule has 2 aromatic rings. The molecule has 1 saturated heterocycles. The van der Waals surface area contributed by atoms with Crippen LogP contribution in [0.2, 0.25) is 0 Å². The zero-order chi connectivity index (χ0) is 59.0. The van der Waals surface area contributed by atoms with Crippen LogP contribution >= 0.6 is 35.2 Å². The monoisotopic (exact) mass is 1210 g/mol. The number of carbonyl (C=O) groups is 4. The molecule has 80 heavy (non-hydrogen) atoms. The number of hydrogen-bond donors (Lipinski definition) is 9. The van der Waals surface area contributed by atoms with Crippen LogP contribution in [-0.4, -0.2) is 128 Å². The van der Waals surface area contributed by atoms with Crippen LogP contribution in [0.4, 0.5) is 5.82 Å². The lowest BCUT2D eigenvalue weighted by Crippen LogP contribution is -2.46. The number of nitrogens with two attached hydrogens (primary N) is 1. The first kappa shape index (κ1) is 70.2. The van der Waals surface area contributed by atoms with Crippen molar-refractivity contribution in [3.8, 4) is 0 Å². The first-order chi connectivity index (χ1) is 37.9. The lowest BCUT2D eigenvalue weighted by atomic mass is 9.87. The zero-order valence-electron chi connectivity index (χ0n) is 45.8. The minimum absolute atomic E-state index is 0.0249. The summed E-state index contributed by atoms with van der Waals surface area (Å²) in [6.45, 7) is 2.46. The molecule has 29 heteroatoms. The fraction of sp³-hybridized carbons (Fsp3) is 0.627. The highest BCUT2D eigenvalue weighted by molar-refractivity contribution is 8.13. The van der Waals surface area contributed by atoms with Gasteiger partial charge in [-0.15, -0.1) is 0 Å². The molecular formula is C51H82N7O18P3S. The number of nitrogen functional groups attached to an aromatic ring is 1. The van der Waals surface area contributed by atoms with Gasteiger partial charge in [0.2, 0.25) is 11.8 Å². The summed E-state index contributed by atoms with van der Waals surface area (Å²) in [4.78, 5) is 101. The van der Waals surface area contributed by atoms with E-state index in [1.807, 2.05) is 0 Å². The lowest BCUT2D eigenvalue weighted by molar-refractivity contribution is -0.137. The van der Waals surface area contributed by atoms with Crippen molar-refractivity contribution in [1.82, 2.24) is 30.2 Å². The van der Waals surface area contributed by atoms with Crippen LogP contribution in [0, 0.1) is 5.41 Å². The fourth-order valence-electron chi connectivity index (χ4n) is 7.79. The summed E-state index contributed by atoms with van der Waals surface area (Å²) >= 11 is 0.936. The number of aliphatic hydroxyl groups is 2. The molecule has 1 aliphatic heterocycles. The third-order valence-electron chi connectivity index (χ3n) is 12.1. The van der Waals surface area contributed by atoms with Crippen molar-refractivity contribution < 1.29 is 85.3 Å². The number of thioether (sulfide) groups is 1. The fourth-order valence-corrected chi connectivity index (χ4v) is 11.3. The maximum absolute atomic E-state index is 12.8. The van der Waals surface area contributed by atoms with E-state index in [1.165, 1.54) is 46.0 Å². The first-order valence-corrected chi connectivity index (χ1v) is 32.3. The number of imidazole rings is 1. The Morgan fingerprint density at radius 3 is 1.98 bits per heavy atom. The number of phosphoric acid groups is 3.